The molecule has 0 atom stereocenters. The fraction of sp³-hybridized carbons (Fsp3) is 0.400. The molecule has 1 aliphatic carbocycles. The molecule has 0 radical (unpaired) electrons. The Bertz CT molecular complexity index is 592. The van der Waals surface area contributed by atoms with Crippen molar-refractivity contribution in [2.45, 2.75) is 31.2 Å². The Labute approximate surface area is 112 Å². The van der Waals surface area contributed by atoms with Gasteiger partial charge in [0.05, 0.1) is 5.54 Å². The van der Waals surface area contributed by atoms with E-state index < -0.39 is 0 Å². The van der Waals surface area contributed by atoms with Crippen LogP contribution in [0.15, 0.2) is 30.5 Å². The topological polar surface area (TPSA) is 68.4 Å². The molecular weight excluding hydrogens is 240 g/mol. The van der Waals surface area contributed by atoms with Crippen LogP contribution in [0.1, 0.15) is 25.7 Å². The first-order valence-corrected chi connectivity index (χ1v) is 6.66. The lowest BCUT2D eigenvalue weighted by atomic mass is 10.0. The molecule has 0 unspecified atom stereocenters. The summed E-state index contributed by atoms with van der Waals surface area (Å²) >= 11 is 0. The average Bonchev–Trinajstić information content (AvgIpc) is 2.84. The van der Waals surface area contributed by atoms with Crippen molar-refractivity contribution in [3.63, 3.8) is 0 Å². The highest BCUT2D eigenvalue weighted by Gasteiger charge is 2.30. The zero-order chi connectivity index (χ0) is 13.3. The Kier molecular flexibility index (Phi) is 3.03. The van der Waals surface area contributed by atoms with Gasteiger partial charge in [0.15, 0.2) is 0 Å². The number of ether oxygens (including phenoxy) is 1. The Balaban J connectivity index is 1.86. The smallest absolute Gasteiger partial charge is 0.221 e. The van der Waals surface area contributed by atoms with Gasteiger partial charge in [0, 0.05) is 11.6 Å². The van der Waals surface area contributed by atoms with Crippen LogP contribution in [0.3, 0.4) is 0 Å². The maximum Gasteiger partial charge on any atom is 0.221 e. The van der Waals surface area contributed by atoms with Crippen LogP contribution in [0.2, 0.25) is 0 Å². The van der Waals surface area contributed by atoms with Crippen LogP contribution in [-0.2, 0) is 0 Å². The zero-order valence-corrected chi connectivity index (χ0v) is 10.8. The highest BCUT2D eigenvalue weighted by molar-refractivity contribution is 5.87. The molecule has 4 heteroatoms. The van der Waals surface area contributed by atoms with Gasteiger partial charge in [-0.1, -0.05) is 18.9 Å². The normalized spacial score (nSPS) is 17.7. The quantitative estimate of drug-likeness (QED) is 0.888. The number of aromatic nitrogens is 1. The van der Waals surface area contributed by atoms with E-state index in [1.807, 2.05) is 12.1 Å². The minimum Gasteiger partial charge on any atom is -0.508 e. The SMILES string of the molecule is NC1(COc2nccc3ccc(O)cc23)CCCC1. The fourth-order valence-corrected chi connectivity index (χ4v) is 2.68. The summed E-state index contributed by atoms with van der Waals surface area (Å²) in [5, 5.41) is 11.4. The number of nitrogens with two attached hydrogens (primary N) is 1. The van der Waals surface area contributed by atoms with Crippen molar-refractivity contribution in [2.75, 3.05) is 6.61 Å². The number of phenols is 1. The van der Waals surface area contributed by atoms with Crippen molar-refractivity contribution in [1.29, 1.82) is 0 Å². The summed E-state index contributed by atoms with van der Waals surface area (Å²) < 4.78 is 5.81. The summed E-state index contributed by atoms with van der Waals surface area (Å²) in [6, 6.07) is 7.09. The first kappa shape index (κ1) is 12.2. The van der Waals surface area contributed by atoms with E-state index in [2.05, 4.69) is 4.98 Å². The lowest BCUT2D eigenvalue weighted by molar-refractivity contribution is 0.216. The van der Waals surface area contributed by atoms with E-state index in [0.29, 0.717) is 12.5 Å². The molecule has 0 amide bonds. The maximum absolute atomic E-state index is 9.58. The van der Waals surface area contributed by atoms with Crippen molar-refractivity contribution in [2.24, 2.45) is 5.73 Å². The Hall–Kier alpha value is -1.81. The first-order chi connectivity index (χ1) is 9.16. The van der Waals surface area contributed by atoms with Crippen LogP contribution in [-0.4, -0.2) is 22.2 Å². The first-order valence-electron chi connectivity index (χ1n) is 6.66. The summed E-state index contributed by atoms with van der Waals surface area (Å²) in [5.41, 5.74) is 6.06. The molecule has 0 spiro atoms. The van der Waals surface area contributed by atoms with Gasteiger partial charge < -0.3 is 15.6 Å². The van der Waals surface area contributed by atoms with E-state index in [9.17, 15) is 5.11 Å². The van der Waals surface area contributed by atoms with Gasteiger partial charge >= 0.3 is 0 Å². The van der Waals surface area contributed by atoms with Gasteiger partial charge in [0.25, 0.3) is 0 Å². The average molecular weight is 258 g/mol. The Morgan fingerprint density at radius 3 is 2.84 bits per heavy atom. The molecule has 1 aliphatic rings. The highest BCUT2D eigenvalue weighted by Crippen LogP contribution is 2.30. The summed E-state index contributed by atoms with van der Waals surface area (Å²) in [6.07, 6.45) is 6.06. The number of aromatic hydroxyl groups is 1. The molecule has 0 bridgehead atoms. The van der Waals surface area contributed by atoms with Crippen LogP contribution < -0.4 is 10.5 Å². The molecule has 19 heavy (non-hydrogen) atoms. The van der Waals surface area contributed by atoms with Gasteiger partial charge in [0.2, 0.25) is 5.88 Å². The standard InChI is InChI=1S/C15H18N2O2/c16-15(6-1-2-7-15)10-19-14-13-9-12(18)4-3-11(13)5-8-17-14/h3-5,8-9,18H,1-2,6-7,10,16H2. The number of hydrogen-bond acceptors (Lipinski definition) is 4. The molecule has 1 heterocycles. The van der Waals surface area contributed by atoms with E-state index in [0.717, 1.165) is 23.6 Å². The van der Waals surface area contributed by atoms with Crippen LogP contribution >= 0.6 is 0 Å². The van der Waals surface area contributed by atoms with Crippen molar-refractivity contribution >= 4 is 10.8 Å². The van der Waals surface area contributed by atoms with Crippen molar-refractivity contribution in [3.8, 4) is 11.6 Å². The number of benzene rings is 1. The predicted octanol–water partition coefficient (Wildman–Crippen LogP) is 2.59. The van der Waals surface area contributed by atoms with E-state index in [1.54, 1.807) is 18.3 Å². The highest BCUT2D eigenvalue weighted by atomic mass is 16.5. The van der Waals surface area contributed by atoms with Gasteiger partial charge in [-0.2, -0.15) is 0 Å². The lowest BCUT2D eigenvalue weighted by Gasteiger charge is -2.23. The third kappa shape index (κ3) is 2.49. The van der Waals surface area contributed by atoms with Crippen molar-refractivity contribution in [1.82, 2.24) is 4.98 Å². The minimum atomic E-state index is -0.222. The molecular formula is C15H18N2O2. The molecule has 3 rings (SSSR count). The second-order valence-electron chi connectivity index (χ2n) is 5.38. The van der Waals surface area contributed by atoms with E-state index in [1.165, 1.54) is 12.8 Å². The Morgan fingerprint density at radius 1 is 1.26 bits per heavy atom. The molecule has 3 N–H and O–H groups in total. The number of rotatable bonds is 3. The number of fused-ring (bicyclic) bond motifs is 1. The van der Waals surface area contributed by atoms with Crippen molar-refractivity contribution in [3.05, 3.63) is 30.5 Å². The Morgan fingerprint density at radius 2 is 2.05 bits per heavy atom. The van der Waals surface area contributed by atoms with E-state index in [-0.39, 0.29) is 11.3 Å². The second-order valence-corrected chi connectivity index (χ2v) is 5.38. The second kappa shape index (κ2) is 4.70. The van der Waals surface area contributed by atoms with Gasteiger partial charge in [-0.15, -0.1) is 0 Å². The molecule has 1 aromatic carbocycles. The summed E-state index contributed by atoms with van der Waals surface area (Å²) in [6.45, 7) is 0.481. The monoisotopic (exact) mass is 258 g/mol. The number of nitrogens with zero attached hydrogens (tertiary/aromatic N) is 1. The molecule has 0 saturated heterocycles. The van der Waals surface area contributed by atoms with Gasteiger partial charge in [-0.3, -0.25) is 0 Å². The van der Waals surface area contributed by atoms with Crippen LogP contribution in [0.25, 0.3) is 10.8 Å². The maximum atomic E-state index is 9.58. The third-order valence-corrected chi connectivity index (χ3v) is 3.81. The zero-order valence-electron chi connectivity index (χ0n) is 10.8. The number of pyridine rings is 1. The van der Waals surface area contributed by atoms with E-state index >= 15 is 0 Å². The van der Waals surface area contributed by atoms with Crippen LogP contribution in [0.4, 0.5) is 0 Å². The third-order valence-electron chi connectivity index (χ3n) is 3.81. The van der Waals surface area contributed by atoms with Gasteiger partial charge in [0.1, 0.15) is 12.4 Å². The molecule has 4 nitrogen and oxygen atoms in total. The largest absolute Gasteiger partial charge is 0.508 e. The van der Waals surface area contributed by atoms with E-state index in [4.69, 9.17) is 10.5 Å². The van der Waals surface area contributed by atoms with Crippen LogP contribution in [0, 0.1) is 0 Å². The van der Waals surface area contributed by atoms with Gasteiger partial charge in [-0.05, 0) is 36.4 Å². The minimum absolute atomic E-state index is 0.216. The number of phenolic OH excluding ortho intramolecular Hbond substituents is 1. The summed E-state index contributed by atoms with van der Waals surface area (Å²) in [4.78, 5) is 4.25. The van der Waals surface area contributed by atoms with Gasteiger partial charge in [-0.25, -0.2) is 4.98 Å². The summed E-state index contributed by atoms with van der Waals surface area (Å²) in [7, 11) is 0. The molecule has 100 valence electrons. The molecule has 0 aliphatic heterocycles. The van der Waals surface area contributed by atoms with Crippen LogP contribution in [0.5, 0.6) is 11.6 Å². The fourth-order valence-electron chi connectivity index (χ4n) is 2.68. The molecule has 1 aromatic heterocycles. The molecule has 1 fully saturated rings. The number of hydrogen-bond donors (Lipinski definition) is 2. The predicted molar refractivity (Wildman–Crippen MR) is 74.3 cm³/mol. The molecule has 1 saturated carbocycles. The molecule has 2 aromatic rings. The van der Waals surface area contributed by atoms with Crippen molar-refractivity contribution < 1.29 is 9.84 Å². The lowest BCUT2D eigenvalue weighted by Crippen LogP contribution is -2.42. The summed E-state index contributed by atoms with van der Waals surface area (Å²) in [5.74, 6) is 0.763.